The van der Waals surface area contributed by atoms with E-state index in [0.717, 1.165) is 79.3 Å². The highest BCUT2D eigenvalue weighted by Crippen LogP contribution is 2.36. The number of benzene rings is 4. The average molecular weight is 739 g/mol. The quantitative estimate of drug-likeness (QED) is 0.0779. The monoisotopic (exact) mass is 737 g/mol. The van der Waals surface area contributed by atoms with Crippen LogP contribution < -0.4 is 18.9 Å². The Labute approximate surface area is 315 Å². The first-order valence-electron chi connectivity index (χ1n) is 17.2. The third kappa shape index (κ3) is 9.85. The minimum absolute atomic E-state index is 0.330. The van der Waals surface area contributed by atoms with Gasteiger partial charge < -0.3 is 23.8 Å². The van der Waals surface area contributed by atoms with Crippen LogP contribution in [0, 0.1) is 6.92 Å². The molecular weight excluding hydrogens is 697 g/mol. The first-order chi connectivity index (χ1) is 25.4. The summed E-state index contributed by atoms with van der Waals surface area (Å²) in [5.41, 5.74) is 5.84. The van der Waals surface area contributed by atoms with Crippen molar-refractivity contribution in [1.82, 2.24) is 14.8 Å². The Morgan fingerprint density at radius 2 is 1.52 bits per heavy atom. The van der Waals surface area contributed by atoms with E-state index in [2.05, 4.69) is 39.0 Å². The number of carbonyl (C=O) groups is 1. The molecule has 2 heterocycles. The van der Waals surface area contributed by atoms with Gasteiger partial charge in [0.15, 0.2) is 5.75 Å². The summed E-state index contributed by atoms with van der Waals surface area (Å²) in [5, 5.41) is 1.08. The molecule has 0 saturated carbocycles. The smallest absolute Gasteiger partial charge is 0.219 e. The van der Waals surface area contributed by atoms with E-state index in [1.54, 1.807) is 31.5 Å². The van der Waals surface area contributed by atoms with E-state index in [0.29, 0.717) is 40.6 Å². The Hall–Kier alpha value is -5.02. The Bertz CT molecular complexity index is 1940. The number of hydrogen-bond donors (Lipinski definition) is 0. The van der Waals surface area contributed by atoms with Crippen LogP contribution in [-0.2, 0) is 24.4 Å². The molecule has 5 aromatic rings. The standard InChI is InChI=1S/C42H41Cl2N3O5/c1-30-25-34(26-39(44)42(30)52-41-16-15-37(27-45-41)51-29-33-5-3-4-6-38(33)43)40(17-23-48)47-21-19-46(20-22-47)28-32-9-13-36(14-10-32)50-24-18-31-7-11-35(49-2)12-8-31/h3-17,23,25-27H,18-22,24,28-29H2,1-2H3/b40-17+. The molecule has 4 aromatic carbocycles. The van der Waals surface area contributed by atoms with Crippen molar-refractivity contribution in [2.45, 2.75) is 26.5 Å². The van der Waals surface area contributed by atoms with E-state index >= 15 is 0 Å². The number of aldehydes is 1. The lowest BCUT2D eigenvalue weighted by Crippen LogP contribution is -2.45. The van der Waals surface area contributed by atoms with Crippen LogP contribution in [0.5, 0.6) is 28.9 Å². The third-order valence-corrected chi connectivity index (χ3v) is 9.53. The van der Waals surface area contributed by atoms with E-state index in [1.165, 1.54) is 11.1 Å². The Balaban J connectivity index is 0.997. The van der Waals surface area contributed by atoms with Crippen LogP contribution in [-0.4, -0.2) is 61.0 Å². The Morgan fingerprint density at radius 1 is 0.808 bits per heavy atom. The number of carbonyl (C=O) groups excluding carboxylic acids is 1. The van der Waals surface area contributed by atoms with Gasteiger partial charge >= 0.3 is 0 Å². The largest absolute Gasteiger partial charge is 0.497 e. The predicted octanol–water partition coefficient (Wildman–Crippen LogP) is 9.06. The van der Waals surface area contributed by atoms with Crippen molar-refractivity contribution in [2.75, 3.05) is 39.9 Å². The summed E-state index contributed by atoms with van der Waals surface area (Å²) in [6, 6.07) is 31.3. The fourth-order valence-electron chi connectivity index (χ4n) is 6.03. The van der Waals surface area contributed by atoms with Crippen LogP contribution in [0.2, 0.25) is 10.0 Å². The summed E-state index contributed by atoms with van der Waals surface area (Å²) < 4.78 is 23.2. The number of aromatic nitrogens is 1. The lowest BCUT2D eigenvalue weighted by atomic mass is 10.1. The number of allylic oxidation sites excluding steroid dienone is 1. The van der Waals surface area contributed by atoms with Crippen LogP contribution >= 0.6 is 23.2 Å². The summed E-state index contributed by atoms with van der Waals surface area (Å²) in [4.78, 5) is 20.8. The summed E-state index contributed by atoms with van der Waals surface area (Å²) in [6.07, 6.45) is 4.87. The molecule has 1 aromatic heterocycles. The first-order valence-corrected chi connectivity index (χ1v) is 17.9. The number of pyridine rings is 1. The van der Waals surface area contributed by atoms with Gasteiger partial charge in [-0.05, 0) is 77.7 Å². The third-order valence-electron chi connectivity index (χ3n) is 8.88. The summed E-state index contributed by atoms with van der Waals surface area (Å²) >= 11 is 13.0. The second-order valence-corrected chi connectivity index (χ2v) is 13.3. The van der Waals surface area contributed by atoms with Gasteiger partial charge in [0.1, 0.15) is 30.1 Å². The number of rotatable bonds is 15. The van der Waals surface area contributed by atoms with Crippen LogP contribution in [0.3, 0.4) is 0 Å². The highest BCUT2D eigenvalue weighted by Gasteiger charge is 2.22. The fraction of sp³-hybridized carbons (Fsp3) is 0.238. The summed E-state index contributed by atoms with van der Waals surface area (Å²) in [6.45, 7) is 6.97. The van der Waals surface area contributed by atoms with Gasteiger partial charge in [0.25, 0.3) is 0 Å². The van der Waals surface area contributed by atoms with Gasteiger partial charge in [-0.3, -0.25) is 9.69 Å². The van der Waals surface area contributed by atoms with E-state index in [1.807, 2.05) is 67.6 Å². The number of aryl methyl sites for hydroxylation is 1. The van der Waals surface area contributed by atoms with Gasteiger partial charge in [-0.25, -0.2) is 4.98 Å². The SMILES string of the molecule is COc1ccc(CCOc2ccc(CN3CCN(/C(=C/C=O)c4cc(C)c(Oc5ccc(OCc6ccccc6Cl)cn5)c(Cl)c4)CC3)cc2)cc1. The van der Waals surface area contributed by atoms with E-state index < -0.39 is 0 Å². The zero-order chi connectivity index (χ0) is 36.3. The number of piperazine rings is 1. The molecule has 0 aliphatic carbocycles. The van der Waals surface area contributed by atoms with Crippen LogP contribution in [0.1, 0.15) is 27.8 Å². The molecule has 8 nitrogen and oxygen atoms in total. The van der Waals surface area contributed by atoms with Crippen molar-refractivity contribution < 1.29 is 23.7 Å². The van der Waals surface area contributed by atoms with Gasteiger partial charge in [0.05, 0.1) is 24.9 Å². The van der Waals surface area contributed by atoms with E-state index in [9.17, 15) is 4.79 Å². The molecule has 0 unspecified atom stereocenters. The lowest BCUT2D eigenvalue weighted by Gasteiger charge is -2.37. The molecule has 0 amide bonds. The second kappa shape index (κ2) is 18.0. The molecule has 1 fully saturated rings. The predicted molar refractivity (Wildman–Crippen MR) is 206 cm³/mol. The normalized spacial score (nSPS) is 13.5. The number of methoxy groups -OCH3 is 1. The van der Waals surface area contributed by atoms with Crippen LogP contribution in [0.4, 0.5) is 0 Å². The first kappa shape index (κ1) is 36.8. The van der Waals surface area contributed by atoms with Crippen molar-refractivity contribution in [3.05, 3.63) is 147 Å². The highest BCUT2D eigenvalue weighted by atomic mass is 35.5. The highest BCUT2D eigenvalue weighted by molar-refractivity contribution is 6.32. The van der Waals surface area contributed by atoms with Gasteiger partial charge in [-0.2, -0.15) is 0 Å². The van der Waals surface area contributed by atoms with E-state index in [-0.39, 0.29) is 0 Å². The maximum atomic E-state index is 11.8. The molecule has 1 saturated heterocycles. The van der Waals surface area contributed by atoms with E-state index in [4.69, 9.17) is 42.1 Å². The summed E-state index contributed by atoms with van der Waals surface area (Å²) in [5.74, 6) is 3.20. The molecule has 1 aliphatic rings. The fourth-order valence-corrected chi connectivity index (χ4v) is 6.52. The van der Waals surface area contributed by atoms with Crippen LogP contribution in [0.25, 0.3) is 5.70 Å². The minimum Gasteiger partial charge on any atom is -0.497 e. The molecule has 0 bridgehead atoms. The molecular formula is C42H41Cl2N3O5. The molecule has 1 aliphatic heterocycles. The zero-order valence-corrected chi connectivity index (χ0v) is 30.8. The Kier molecular flexibility index (Phi) is 12.7. The van der Waals surface area contributed by atoms with Crippen molar-refractivity contribution >= 4 is 35.2 Å². The summed E-state index contributed by atoms with van der Waals surface area (Å²) in [7, 11) is 1.67. The number of ether oxygens (including phenoxy) is 4. The minimum atomic E-state index is 0.330. The van der Waals surface area contributed by atoms with Crippen molar-refractivity contribution in [2.24, 2.45) is 0 Å². The Morgan fingerprint density at radius 3 is 2.19 bits per heavy atom. The molecule has 0 spiro atoms. The molecule has 10 heteroatoms. The van der Waals surface area contributed by atoms with Gasteiger partial charge in [0.2, 0.25) is 5.88 Å². The average Bonchev–Trinajstić information content (AvgIpc) is 3.17. The number of halogens is 2. The lowest BCUT2D eigenvalue weighted by molar-refractivity contribution is -0.104. The molecule has 6 rings (SSSR count). The van der Waals surface area contributed by atoms with Crippen molar-refractivity contribution in [1.29, 1.82) is 0 Å². The second-order valence-electron chi connectivity index (χ2n) is 12.5. The van der Waals surface area contributed by atoms with Gasteiger partial charge in [-0.1, -0.05) is 65.7 Å². The molecule has 0 radical (unpaired) electrons. The van der Waals surface area contributed by atoms with Crippen molar-refractivity contribution in [3.8, 4) is 28.9 Å². The maximum Gasteiger partial charge on any atom is 0.219 e. The van der Waals surface area contributed by atoms with Gasteiger partial charge in [-0.15, -0.1) is 0 Å². The molecule has 0 N–H and O–H groups in total. The van der Waals surface area contributed by atoms with Crippen LogP contribution in [0.15, 0.2) is 109 Å². The van der Waals surface area contributed by atoms with Crippen molar-refractivity contribution in [3.63, 3.8) is 0 Å². The number of nitrogens with zero attached hydrogens (tertiary/aromatic N) is 3. The molecule has 0 atom stereocenters. The van der Waals surface area contributed by atoms with Gasteiger partial charge in [0, 0.05) is 67.6 Å². The number of hydrogen-bond acceptors (Lipinski definition) is 8. The zero-order valence-electron chi connectivity index (χ0n) is 29.3. The maximum absolute atomic E-state index is 11.8. The molecule has 268 valence electrons. The molecule has 52 heavy (non-hydrogen) atoms. The topological polar surface area (TPSA) is 73.4 Å².